The highest BCUT2D eigenvalue weighted by molar-refractivity contribution is 5.67. The van der Waals surface area contributed by atoms with E-state index in [0.29, 0.717) is 24.5 Å². The Balaban J connectivity index is 2.40. The van der Waals surface area contributed by atoms with Crippen molar-refractivity contribution in [1.82, 2.24) is 15.5 Å². The number of likely N-dealkylation sites (tertiary alicyclic amines) is 1. The van der Waals surface area contributed by atoms with E-state index >= 15 is 0 Å². The largest absolute Gasteiger partial charge is 0.444 e. The summed E-state index contributed by atoms with van der Waals surface area (Å²) in [6.45, 7) is 12.9. The first-order valence-corrected chi connectivity index (χ1v) is 8.07. The Morgan fingerprint density at radius 2 is 2.05 bits per heavy atom. The molecule has 21 heavy (non-hydrogen) atoms. The average Bonchev–Trinajstić information content (AvgIpc) is 2.68. The molecule has 1 aliphatic heterocycles. The molecule has 0 spiro atoms. The summed E-state index contributed by atoms with van der Waals surface area (Å²) >= 11 is 0. The van der Waals surface area contributed by atoms with E-state index < -0.39 is 5.60 Å². The standard InChI is InChI=1S/C16H33N3O2/c1-12(2)9-14(18-13-7-8-19(6)11-13)10-17-15(20)21-16(3,4)5/h12-14,18H,7-11H2,1-6H3,(H,17,20). The Hall–Kier alpha value is -0.810. The minimum Gasteiger partial charge on any atom is -0.444 e. The van der Waals surface area contributed by atoms with Gasteiger partial charge in [-0.3, -0.25) is 0 Å². The third-order valence-electron chi connectivity index (χ3n) is 3.51. The van der Waals surface area contributed by atoms with Crippen molar-refractivity contribution in [1.29, 1.82) is 0 Å². The molecule has 2 atom stereocenters. The van der Waals surface area contributed by atoms with Gasteiger partial charge in [0.15, 0.2) is 0 Å². The van der Waals surface area contributed by atoms with E-state index in [4.69, 9.17) is 4.74 Å². The molecule has 0 saturated carbocycles. The maximum Gasteiger partial charge on any atom is 0.407 e. The number of hydrogen-bond donors (Lipinski definition) is 2. The van der Waals surface area contributed by atoms with Crippen LogP contribution in [0.4, 0.5) is 4.79 Å². The molecular weight excluding hydrogens is 266 g/mol. The summed E-state index contributed by atoms with van der Waals surface area (Å²) in [4.78, 5) is 14.1. The van der Waals surface area contributed by atoms with Crippen molar-refractivity contribution in [2.24, 2.45) is 5.92 Å². The second-order valence-electron chi connectivity index (χ2n) is 7.62. The van der Waals surface area contributed by atoms with Crippen LogP contribution in [0.3, 0.4) is 0 Å². The summed E-state index contributed by atoms with van der Waals surface area (Å²) in [7, 11) is 2.15. The Morgan fingerprint density at radius 3 is 2.52 bits per heavy atom. The number of alkyl carbamates (subject to hydrolysis) is 1. The van der Waals surface area contributed by atoms with Crippen LogP contribution in [0.1, 0.15) is 47.5 Å². The molecule has 0 aliphatic carbocycles. The van der Waals surface area contributed by atoms with Gasteiger partial charge in [-0.15, -0.1) is 0 Å². The van der Waals surface area contributed by atoms with Gasteiger partial charge in [0.25, 0.3) is 0 Å². The van der Waals surface area contributed by atoms with Gasteiger partial charge in [-0.05, 0) is 53.1 Å². The number of likely N-dealkylation sites (N-methyl/N-ethyl adjacent to an activating group) is 1. The molecule has 1 fully saturated rings. The van der Waals surface area contributed by atoms with Crippen LogP contribution in [0.25, 0.3) is 0 Å². The highest BCUT2D eigenvalue weighted by Gasteiger charge is 2.23. The highest BCUT2D eigenvalue weighted by atomic mass is 16.6. The van der Waals surface area contributed by atoms with Gasteiger partial charge in [-0.1, -0.05) is 13.8 Å². The minimum atomic E-state index is -0.445. The van der Waals surface area contributed by atoms with Gasteiger partial charge in [0.2, 0.25) is 0 Å². The maximum atomic E-state index is 11.8. The molecule has 0 aromatic rings. The molecule has 1 aliphatic rings. The molecule has 0 aromatic carbocycles. The Kier molecular flexibility index (Phi) is 6.94. The molecule has 2 unspecified atom stereocenters. The molecule has 0 aromatic heterocycles. The van der Waals surface area contributed by atoms with E-state index in [1.54, 1.807) is 0 Å². The summed E-state index contributed by atoms with van der Waals surface area (Å²) in [5, 5.41) is 6.58. The van der Waals surface area contributed by atoms with Crippen molar-refractivity contribution in [3.05, 3.63) is 0 Å². The Labute approximate surface area is 129 Å². The zero-order valence-electron chi connectivity index (χ0n) is 14.5. The molecule has 2 N–H and O–H groups in total. The van der Waals surface area contributed by atoms with Crippen LogP contribution in [-0.4, -0.2) is 55.4 Å². The van der Waals surface area contributed by atoms with Gasteiger partial charge in [0, 0.05) is 25.2 Å². The fourth-order valence-electron chi connectivity index (χ4n) is 2.70. The van der Waals surface area contributed by atoms with Crippen LogP contribution in [0.2, 0.25) is 0 Å². The molecule has 1 amide bonds. The van der Waals surface area contributed by atoms with Crippen molar-refractivity contribution >= 4 is 6.09 Å². The van der Waals surface area contributed by atoms with Crippen LogP contribution < -0.4 is 10.6 Å². The lowest BCUT2D eigenvalue weighted by Crippen LogP contribution is -2.47. The monoisotopic (exact) mass is 299 g/mol. The van der Waals surface area contributed by atoms with E-state index in [2.05, 4.69) is 36.4 Å². The number of hydrogen-bond acceptors (Lipinski definition) is 4. The van der Waals surface area contributed by atoms with E-state index in [0.717, 1.165) is 19.5 Å². The van der Waals surface area contributed by atoms with Crippen LogP contribution >= 0.6 is 0 Å². The summed E-state index contributed by atoms with van der Waals surface area (Å²) in [5.74, 6) is 0.599. The molecule has 0 bridgehead atoms. The molecule has 0 radical (unpaired) electrons. The molecule has 5 nitrogen and oxygen atoms in total. The van der Waals surface area contributed by atoms with Crippen molar-refractivity contribution < 1.29 is 9.53 Å². The van der Waals surface area contributed by atoms with Crippen molar-refractivity contribution in [3.63, 3.8) is 0 Å². The van der Waals surface area contributed by atoms with E-state index in [9.17, 15) is 4.79 Å². The van der Waals surface area contributed by atoms with Crippen LogP contribution in [-0.2, 0) is 4.74 Å². The number of carbonyl (C=O) groups excluding carboxylic acids is 1. The predicted molar refractivity (Wildman–Crippen MR) is 86.5 cm³/mol. The molecular formula is C16H33N3O2. The number of carbonyl (C=O) groups is 1. The highest BCUT2D eigenvalue weighted by Crippen LogP contribution is 2.11. The number of nitrogens with zero attached hydrogens (tertiary/aromatic N) is 1. The van der Waals surface area contributed by atoms with E-state index in [1.807, 2.05) is 20.8 Å². The number of amides is 1. The second kappa shape index (κ2) is 7.99. The smallest absolute Gasteiger partial charge is 0.407 e. The van der Waals surface area contributed by atoms with E-state index in [1.165, 1.54) is 6.42 Å². The van der Waals surface area contributed by atoms with Crippen molar-refractivity contribution in [2.75, 3.05) is 26.7 Å². The van der Waals surface area contributed by atoms with Gasteiger partial charge < -0.3 is 20.3 Å². The van der Waals surface area contributed by atoms with Crippen molar-refractivity contribution in [2.45, 2.75) is 65.1 Å². The van der Waals surface area contributed by atoms with Gasteiger partial charge in [0.05, 0.1) is 0 Å². The first kappa shape index (κ1) is 18.2. The van der Waals surface area contributed by atoms with E-state index in [-0.39, 0.29) is 6.09 Å². The Bertz CT molecular complexity index is 326. The van der Waals surface area contributed by atoms with Gasteiger partial charge in [0.1, 0.15) is 5.60 Å². The fourth-order valence-corrected chi connectivity index (χ4v) is 2.70. The van der Waals surface area contributed by atoms with Gasteiger partial charge in [-0.25, -0.2) is 4.79 Å². The van der Waals surface area contributed by atoms with Crippen molar-refractivity contribution in [3.8, 4) is 0 Å². The third-order valence-corrected chi connectivity index (χ3v) is 3.51. The molecule has 1 saturated heterocycles. The van der Waals surface area contributed by atoms with Crippen LogP contribution in [0.5, 0.6) is 0 Å². The molecule has 1 rings (SSSR count). The first-order chi connectivity index (χ1) is 9.65. The number of ether oxygens (including phenoxy) is 1. The minimum absolute atomic E-state index is 0.300. The van der Waals surface area contributed by atoms with Gasteiger partial charge in [-0.2, -0.15) is 0 Å². The quantitative estimate of drug-likeness (QED) is 0.789. The Morgan fingerprint density at radius 1 is 1.38 bits per heavy atom. The molecule has 1 heterocycles. The summed E-state index contributed by atoms with van der Waals surface area (Å²) in [5.41, 5.74) is -0.445. The zero-order chi connectivity index (χ0) is 16.0. The van der Waals surface area contributed by atoms with Gasteiger partial charge >= 0.3 is 6.09 Å². The zero-order valence-corrected chi connectivity index (χ0v) is 14.5. The summed E-state index contributed by atoms with van der Waals surface area (Å²) in [6, 6.07) is 0.827. The number of rotatable bonds is 6. The average molecular weight is 299 g/mol. The second-order valence-corrected chi connectivity index (χ2v) is 7.62. The maximum absolute atomic E-state index is 11.8. The SMILES string of the molecule is CC(C)CC(CNC(=O)OC(C)(C)C)NC1CCN(C)C1. The lowest BCUT2D eigenvalue weighted by Gasteiger charge is -2.26. The van der Waals surface area contributed by atoms with Crippen LogP contribution in [0.15, 0.2) is 0 Å². The van der Waals surface area contributed by atoms with Crippen LogP contribution in [0, 0.1) is 5.92 Å². The molecule has 5 heteroatoms. The first-order valence-electron chi connectivity index (χ1n) is 8.07. The fraction of sp³-hybridized carbons (Fsp3) is 0.938. The topological polar surface area (TPSA) is 53.6 Å². The summed E-state index contributed by atoms with van der Waals surface area (Å²) < 4.78 is 5.29. The lowest BCUT2D eigenvalue weighted by molar-refractivity contribution is 0.0520. The third kappa shape index (κ3) is 8.27. The summed E-state index contributed by atoms with van der Waals surface area (Å²) in [6.07, 6.45) is 1.90. The normalized spacial score (nSPS) is 21.6. The molecule has 124 valence electrons. The predicted octanol–water partition coefficient (Wildman–Crippen LogP) is 2.22. The lowest BCUT2D eigenvalue weighted by atomic mass is 10.0. The number of nitrogens with one attached hydrogen (secondary N) is 2.